The Morgan fingerprint density at radius 1 is 1.38 bits per heavy atom. The third kappa shape index (κ3) is 4.62. The molecule has 0 aromatic heterocycles. The first kappa shape index (κ1) is 16.6. The zero-order valence-corrected chi connectivity index (χ0v) is 14.3. The van der Waals surface area contributed by atoms with E-state index in [1.54, 1.807) is 0 Å². The summed E-state index contributed by atoms with van der Waals surface area (Å²) in [6.07, 6.45) is 4.80. The van der Waals surface area contributed by atoms with E-state index >= 15 is 0 Å². The van der Waals surface area contributed by atoms with Gasteiger partial charge < -0.3 is 10.1 Å². The van der Waals surface area contributed by atoms with Crippen LogP contribution in [0.25, 0.3) is 0 Å². The van der Waals surface area contributed by atoms with Crippen molar-refractivity contribution in [3.63, 3.8) is 0 Å². The van der Waals surface area contributed by atoms with Gasteiger partial charge in [0.05, 0.1) is 11.6 Å². The molecule has 1 heterocycles. The molecule has 1 atom stereocenters. The third-order valence-electron chi connectivity index (χ3n) is 4.78. The molecular formula is C18H28ClNO. The van der Waals surface area contributed by atoms with Gasteiger partial charge in [0.15, 0.2) is 0 Å². The van der Waals surface area contributed by atoms with E-state index < -0.39 is 0 Å². The Labute approximate surface area is 134 Å². The highest BCUT2D eigenvalue weighted by Crippen LogP contribution is 2.33. The van der Waals surface area contributed by atoms with Crippen LogP contribution in [0.1, 0.15) is 52.0 Å². The molecule has 1 aliphatic rings. The van der Waals surface area contributed by atoms with Gasteiger partial charge in [-0.1, -0.05) is 38.4 Å². The molecule has 1 saturated heterocycles. The van der Waals surface area contributed by atoms with Crippen LogP contribution >= 0.6 is 11.6 Å². The Hall–Kier alpha value is -0.730. The topological polar surface area (TPSA) is 21.3 Å². The van der Waals surface area contributed by atoms with Gasteiger partial charge in [-0.15, -0.1) is 0 Å². The summed E-state index contributed by atoms with van der Waals surface area (Å²) in [5.74, 6) is 1.56. The fourth-order valence-corrected chi connectivity index (χ4v) is 2.98. The van der Waals surface area contributed by atoms with E-state index in [0.717, 1.165) is 49.2 Å². The summed E-state index contributed by atoms with van der Waals surface area (Å²) >= 11 is 6.38. The maximum absolute atomic E-state index is 6.38. The molecule has 1 aromatic rings. The molecule has 3 heteroatoms. The van der Waals surface area contributed by atoms with Gasteiger partial charge in [0, 0.05) is 0 Å². The fourth-order valence-electron chi connectivity index (χ4n) is 2.75. The zero-order chi connectivity index (χ0) is 15.3. The van der Waals surface area contributed by atoms with Crippen LogP contribution in [0.3, 0.4) is 0 Å². The standard InChI is InChI=1S/C18H28ClNO/c1-4-18(2,3)15-7-8-17(16(19)12-15)21-11-9-14-6-5-10-20-13-14/h7-8,12,14,20H,4-6,9-11,13H2,1-3H3. The van der Waals surface area contributed by atoms with Crippen LogP contribution in [0.2, 0.25) is 5.02 Å². The lowest BCUT2D eigenvalue weighted by atomic mass is 9.82. The molecule has 2 rings (SSSR count). The van der Waals surface area contributed by atoms with Crippen LogP contribution in [-0.2, 0) is 5.41 Å². The third-order valence-corrected chi connectivity index (χ3v) is 5.08. The number of hydrogen-bond donors (Lipinski definition) is 1. The first-order chi connectivity index (χ1) is 10.0. The minimum absolute atomic E-state index is 0.163. The molecule has 118 valence electrons. The van der Waals surface area contributed by atoms with Crippen molar-refractivity contribution in [1.82, 2.24) is 5.32 Å². The van der Waals surface area contributed by atoms with Crippen molar-refractivity contribution in [2.75, 3.05) is 19.7 Å². The highest BCUT2D eigenvalue weighted by atomic mass is 35.5. The average molecular weight is 310 g/mol. The van der Waals surface area contributed by atoms with E-state index in [9.17, 15) is 0 Å². The van der Waals surface area contributed by atoms with Crippen molar-refractivity contribution < 1.29 is 4.74 Å². The quantitative estimate of drug-likeness (QED) is 0.815. The lowest BCUT2D eigenvalue weighted by Crippen LogP contribution is -2.30. The number of ether oxygens (including phenoxy) is 1. The number of nitrogens with one attached hydrogen (secondary N) is 1. The van der Waals surface area contributed by atoms with Gasteiger partial charge in [0.2, 0.25) is 0 Å². The summed E-state index contributed by atoms with van der Waals surface area (Å²) in [4.78, 5) is 0. The highest BCUT2D eigenvalue weighted by molar-refractivity contribution is 6.32. The predicted octanol–water partition coefficient (Wildman–Crippen LogP) is 4.80. The molecule has 0 saturated carbocycles. The molecule has 1 N–H and O–H groups in total. The van der Waals surface area contributed by atoms with Gasteiger partial charge in [0.25, 0.3) is 0 Å². The fraction of sp³-hybridized carbons (Fsp3) is 0.667. The SMILES string of the molecule is CCC(C)(C)c1ccc(OCCC2CCCNC2)c(Cl)c1. The van der Waals surface area contributed by atoms with Crippen LogP contribution in [0.4, 0.5) is 0 Å². The second kappa shape index (κ2) is 7.51. The average Bonchev–Trinajstić information content (AvgIpc) is 2.50. The number of benzene rings is 1. The van der Waals surface area contributed by atoms with Gasteiger partial charge in [-0.05, 0) is 67.8 Å². The van der Waals surface area contributed by atoms with Crippen molar-refractivity contribution in [2.45, 2.75) is 51.9 Å². The number of halogens is 1. The van der Waals surface area contributed by atoms with Gasteiger partial charge >= 0.3 is 0 Å². The summed E-state index contributed by atoms with van der Waals surface area (Å²) in [6.45, 7) is 9.74. The maximum atomic E-state index is 6.38. The molecule has 1 unspecified atom stereocenters. The van der Waals surface area contributed by atoms with E-state index in [2.05, 4.69) is 38.2 Å². The van der Waals surface area contributed by atoms with Crippen LogP contribution in [0.5, 0.6) is 5.75 Å². The first-order valence-electron chi connectivity index (χ1n) is 8.16. The lowest BCUT2D eigenvalue weighted by molar-refractivity contribution is 0.254. The minimum Gasteiger partial charge on any atom is -0.492 e. The summed E-state index contributed by atoms with van der Waals surface area (Å²) in [5.41, 5.74) is 1.44. The Balaban J connectivity index is 1.89. The van der Waals surface area contributed by atoms with Crippen LogP contribution in [0, 0.1) is 5.92 Å². The summed E-state index contributed by atoms with van der Waals surface area (Å²) in [7, 11) is 0. The van der Waals surface area contributed by atoms with Crippen molar-refractivity contribution in [1.29, 1.82) is 0 Å². The second-order valence-electron chi connectivity index (χ2n) is 6.73. The molecule has 0 radical (unpaired) electrons. The predicted molar refractivity (Wildman–Crippen MR) is 90.5 cm³/mol. The maximum Gasteiger partial charge on any atom is 0.137 e. The Morgan fingerprint density at radius 2 is 2.19 bits per heavy atom. The lowest BCUT2D eigenvalue weighted by Gasteiger charge is -2.24. The smallest absolute Gasteiger partial charge is 0.137 e. The molecular weight excluding hydrogens is 282 g/mol. The molecule has 0 amide bonds. The van der Waals surface area contributed by atoms with Crippen molar-refractivity contribution in [2.24, 2.45) is 5.92 Å². The molecule has 0 bridgehead atoms. The van der Waals surface area contributed by atoms with Gasteiger partial charge in [-0.25, -0.2) is 0 Å². The molecule has 0 spiro atoms. The van der Waals surface area contributed by atoms with Gasteiger partial charge in [-0.2, -0.15) is 0 Å². The second-order valence-corrected chi connectivity index (χ2v) is 7.14. The van der Waals surface area contributed by atoms with Crippen LogP contribution in [-0.4, -0.2) is 19.7 Å². The first-order valence-corrected chi connectivity index (χ1v) is 8.54. The van der Waals surface area contributed by atoms with Gasteiger partial charge in [0.1, 0.15) is 5.75 Å². The number of piperidine rings is 1. The number of rotatable bonds is 6. The Morgan fingerprint density at radius 3 is 2.81 bits per heavy atom. The monoisotopic (exact) mass is 309 g/mol. The van der Waals surface area contributed by atoms with E-state index in [0.29, 0.717) is 0 Å². The van der Waals surface area contributed by atoms with Crippen molar-refractivity contribution in [3.05, 3.63) is 28.8 Å². The molecule has 1 fully saturated rings. The molecule has 1 aromatic carbocycles. The summed E-state index contributed by atoms with van der Waals surface area (Å²) in [5, 5.41) is 4.18. The van der Waals surface area contributed by atoms with Crippen LogP contribution < -0.4 is 10.1 Å². The van der Waals surface area contributed by atoms with Crippen LogP contribution in [0.15, 0.2) is 18.2 Å². The van der Waals surface area contributed by atoms with E-state index in [1.165, 1.54) is 18.4 Å². The molecule has 0 aliphatic carbocycles. The molecule has 21 heavy (non-hydrogen) atoms. The van der Waals surface area contributed by atoms with E-state index in [-0.39, 0.29) is 5.41 Å². The zero-order valence-electron chi connectivity index (χ0n) is 13.5. The molecule has 2 nitrogen and oxygen atoms in total. The largest absolute Gasteiger partial charge is 0.492 e. The minimum atomic E-state index is 0.163. The Kier molecular flexibility index (Phi) is 5.95. The molecule has 1 aliphatic heterocycles. The summed E-state index contributed by atoms with van der Waals surface area (Å²) in [6, 6.07) is 6.23. The van der Waals surface area contributed by atoms with Gasteiger partial charge in [-0.3, -0.25) is 0 Å². The highest BCUT2D eigenvalue weighted by Gasteiger charge is 2.19. The Bertz CT molecular complexity index is 453. The normalized spacial score (nSPS) is 19.5. The summed E-state index contributed by atoms with van der Waals surface area (Å²) < 4.78 is 5.88. The van der Waals surface area contributed by atoms with E-state index in [4.69, 9.17) is 16.3 Å². The van der Waals surface area contributed by atoms with E-state index in [1.807, 2.05) is 6.07 Å². The van der Waals surface area contributed by atoms with Crippen molar-refractivity contribution in [3.8, 4) is 5.75 Å². The number of hydrogen-bond acceptors (Lipinski definition) is 2. The van der Waals surface area contributed by atoms with Crippen molar-refractivity contribution >= 4 is 11.6 Å².